The monoisotopic (exact) mass is 420 g/mol. The number of allylic oxidation sites excluding steroid dienone is 3. The Bertz CT molecular complexity index is 1280. The fourth-order valence-corrected chi connectivity index (χ4v) is 3.79. The lowest BCUT2D eigenvalue weighted by Gasteiger charge is -2.43. The van der Waals surface area contributed by atoms with Crippen molar-refractivity contribution in [3.8, 4) is 0 Å². The second kappa shape index (κ2) is 9.46. The summed E-state index contributed by atoms with van der Waals surface area (Å²) in [5.41, 5.74) is -0.394. The van der Waals surface area contributed by atoms with Crippen LogP contribution >= 0.6 is 0 Å². The van der Waals surface area contributed by atoms with Crippen LogP contribution in [0.3, 0.4) is 0 Å². The van der Waals surface area contributed by atoms with Gasteiger partial charge in [0.1, 0.15) is 12.2 Å². The molecular weight excluding hydrogens is 368 g/mol. The van der Waals surface area contributed by atoms with E-state index in [0.717, 1.165) is 6.92 Å². The standard InChI is InChI=1S/C24H36O5/c1-5-15(3)24(27)29-21-11-14(2)10-17-7-6-16(4)20(23(17)21)9-8-19-12-18(25)13-22(26)28-19/h6-7,10,14-16,18-21,23,25H,5,8-9,11-13H2,1-4H3/t14-,15-,16-,18+,19?,20-,21?,23-/m0/s1/i1D3,5D2,6D,7D,10D,11D2,13D2,14D,15D,16D,25D. The Balaban J connectivity index is 2.15. The molecule has 162 valence electrons. The summed E-state index contributed by atoms with van der Waals surface area (Å²) < 4.78 is 142. The molecule has 5 nitrogen and oxygen atoms in total. The molecule has 8 atom stereocenters. The molecule has 3 aliphatic rings. The number of aliphatic hydroxyl groups excluding tert-OH is 1. The lowest BCUT2D eigenvalue weighted by Crippen LogP contribution is -2.42. The number of hydrogen-bond acceptors (Lipinski definition) is 5. The summed E-state index contributed by atoms with van der Waals surface area (Å²) in [4.78, 5) is 25.7. The number of fused-ring (bicyclic) bond motifs is 1. The zero-order valence-electron chi connectivity index (χ0n) is 32.5. The van der Waals surface area contributed by atoms with E-state index < -0.39 is 109 Å². The molecular formula is C24H36O5. The van der Waals surface area contributed by atoms with Crippen LogP contribution in [0.5, 0.6) is 0 Å². The molecule has 1 aliphatic heterocycles. The minimum Gasteiger partial charge on any atom is -0.462 e. The maximum atomic E-state index is 13.4. The summed E-state index contributed by atoms with van der Waals surface area (Å²) in [6, 6.07) is -2.05. The molecule has 0 spiro atoms. The number of carbonyl (C=O) groups excluding carboxylic acids is 2. The van der Waals surface area contributed by atoms with E-state index in [0.29, 0.717) is 6.92 Å². The van der Waals surface area contributed by atoms with Gasteiger partial charge in [0.05, 0.1) is 22.5 Å². The summed E-state index contributed by atoms with van der Waals surface area (Å²) in [6.45, 7) is -0.660. The maximum absolute atomic E-state index is 13.4. The van der Waals surface area contributed by atoms with E-state index in [1.807, 2.05) is 0 Å². The van der Waals surface area contributed by atoms with Crippen LogP contribution in [0, 0.1) is 29.5 Å². The van der Waals surface area contributed by atoms with Crippen molar-refractivity contribution in [2.45, 2.75) is 84.3 Å². The first-order chi connectivity index (χ1) is 20.0. The number of rotatable bonds is 7. The Labute approximate surface area is 197 Å². The Morgan fingerprint density at radius 1 is 1.62 bits per heavy atom. The van der Waals surface area contributed by atoms with Crippen LogP contribution in [0.25, 0.3) is 0 Å². The lowest BCUT2D eigenvalue weighted by molar-refractivity contribution is -0.162. The highest BCUT2D eigenvalue weighted by Gasteiger charge is 2.42. The van der Waals surface area contributed by atoms with Gasteiger partial charge in [-0.15, -0.1) is 0 Å². The number of cyclic esters (lactones) is 1. The first kappa shape index (κ1) is 9.25. The third-order valence-electron chi connectivity index (χ3n) is 5.28. The summed E-state index contributed by atoms with van der Waals surface area (Å²) in [5, 5.41) is 4.39. The van der Waals surface area contributed by atoms with E-state index in [1.54, 1.807) is 0 Å². The highest BCUT2D eigenvalue weighted by Crippen LogP contribution is 2.45. The van der Waals surface area contributed by atoms with Crippen LogP contribution in [0.4, 0.5) is 0 Å². The third kappa shape index (κ3) is 5.30. The summed E-state index contributed by atoms with van der Waals surface area (Å²) in [7, 11) is 0. The van der Waals surface area contributed by atoms with Crippen LogP contribution in [0.2, 0.25) is 0 Å². The second-order valence-corrected chi connectivity index (χ2v) is 7.42. The van der Waals surface area contributed by atoms with Crippen molar-refractivity contribution in [2.24, 2.45) is 29.5 Å². The molecule has 2 aliphatic carbocycles. The molecule has 0 bridgehead atoms. The minimum absolute atomic E-state index is 0.169. The largest absolute Gasteiger partial charge is 0.462 e. The van der Waals surface area contributed by atoms with E-state index in [9.17, 15) is 9.59 Å². The summed E-state index contributed by atoms with van der Waals surface area (Å²) in [6.07, 6.45) is -14.6. The molecule has 1 heterocycles. The van der Waals surface area contributed by atoms with Gasteiger partial charge < -0.3 is 14.6 Å². The van der Waals surface area contributed by atoms with Crippen LogP contribution in [0.1, 0.15) is 86.6 Å². The predicted octanol–water partition coefficient (Wildman–Crippen LogP) is 4.20. The molecule has 1 saturated heterocycles. The third-order valence-corrected chi connectivity index (χ3v) is 5.28. The zero-order valence-corrected chi connectivity index (χ0v) is 16.5. The van der Waals surface area contributed by atoms with Crippen molar-refractivity contribution >= 4 is 11.9 Å². The van der Waals surface area contributed by atoms with Gasteiger partial charge in [-0.05, 0) is 48.9 Å². The Morgan fingerprint density at radius 2 is 2.45 bits per heavy atom. The average Bonchev–Trinajstić information content (AvgIpc) is 2.89. The van der Waals surface area contributed by atoms with Crippen LogP contribution < -0.4 is 0 Å². The Hall–Kier alpha value is -1.62. The molecule has 1 N–H and O–H groups in total. The van der Waals surface area contributed by atoms with Gasteiger partial charge in [0.25, 0.3) is 0 Å². The van der Waals surface area contributed by atoms with E-state index in [4.69, 9.17) is 31.5 Å². The van der Waals surface area contributed by atoms with E-state index in [-0.39, 0.29) is 19.3 Å². The quantitative estimate of drug-likeness (QED) is 0.625. The highest BCUT2D eigenvalue weighted by atomic mass is 16.5. The van der Waals surface area contributed by atoms with Gasteiger partial charge in [-0.1, -0.05) is 45.8 Å². The SMILES string of the molecule is [2H]O[C@@H]1CC(CC[C@@H]2[C@@H]3C(=C([2H])[C@]([2H])(C)C([2H])([2H])C3OC(=O)[C@@]([2H])(C)C([2H])([2H])C([2H])([2H])[2H])C([2H])=C([2H])[C@]2([2H])C)OC(=O)C1([2H])[2H]. The van der Waals surface area contributed by atoms with Crippen LogP contribution in [-0.2, 0) is 19.1 Å². The number of carbonyl (C=O) groups is 2. The Kier molecular flexibility index (Phi) is 3.02. The molecule has 1 fully saturated rings. The summed E-state index contributed by atoms with van der Waals surface area (Å²) in [5.74, 6) is -13.8. The second-order valence-electron chi connectivity index (χ2n) is 7.42. The molecule has 0 amide bonds. The molecule has 0 aromatic rings. The van der Waals surface area contributed by atoms with Gasteiger partial charge in [-0.2, -0.15) is 0 Å². The first-order valence-electron chi connectivity index (χ1n) is 17.4. The fraction of sp³-hybridized carbons (Fsp3) is 0.750. The molecule has 29 heavy (non-hydrogen) atoms. The lowest BCUT2D eigenvalue weighted by atomic mass is 9.65. The number of aliphatic hydroxyl groups is 1. The zero-order chi connectivity index (χ0) is 35.1. The average molecular weight is 421 g/mol. The highest BCUT2D eigenvalue weighted by molar-refractivity contribution is 5.72. The molecule has 0 saturated carbocycles. The topological polar surface area (TPSA) is 72.8 Å². The van der Waals surface area contributed by atoms with Crippen molar-refractivity contribution in [1.82, 2.24) is 0 Å². The van der Waals surface area contributed by atoms with Gasteiger partial charge in [0.15, 0.2) is 0 Å². The fourth-order valence-electron chi connectivity index (χ4n) is 3.79. The maximum Gasteiger partial charge on any atom is 0.308 e. The molecule has 0 radical (unpaired) electrons. The van der Waals surface area contributed by atoms with Crippen molar-refractivity contribution in [3.05, 3.63) is 23.7 Å². The van der Waals surface area contributed by atoms with Crippen molar-refractivity contribution in [1.29, 1.82) is 1.43 Å². The normalized spacial score (nSPS) is 57.5. The summed E-state index contributed by atoms with van der Waals surface area (Å²) >= 11 is 0. The van der Waals surface area contributed by atoms with Crippen molar-refractivity contribution in [3.63, 3.8) is 0 Å². The van der Waals surface area contributed by atoms with Crippen LogP contribution in [-0.4, -0.2) is 36.8 Å². The molecule has 3 rings (SSSR count). The van der Waals surface area contributed by atoms with E-state index in [2.05, 4.69) is 5.11 Å². The van der Waals surface area contributed by atoms with Gasteiger partial charge in [0, 0.05) is 28.8 Å². The number of esters is 2. The first-order valence-corrected chi connectivity index (χ1v) is 9.48. The van der Waals surface area contributed by atoms with Gasteiger partial charge in [-0.25, -0.2) is 0 Å². The van der Waals surface area contributed by atoms with Crippen molar-refractivity contribution in [2.75, 3.05) is 0 Å². The smallest absolute Gasteiger partial charge is 0.308 e. The molecule has 0 aromatic carbocycles. The molecule has 0 aromatic heterocycles. The number of ether oxygens (including phenoxy) is 2. The minimum atomic E-state index is -3.50. The van der Waals surface area contributed by atoms with Gasteiger partial charge in [0.2, 0.25) is 1.43 Å². The Morgan fingerprint density at radius 3 is 3.21 bits per heavy atom. The molecule has 2 unspecified atom stereocenters. The van der Waals surface area contributed by atoms with Crippen LogP contribution in [0.15, 0.2) is 23.7 Å². The van der Waals surface area contributed by atoms with Gasteiger partial charge >= 0.3 is 11.9 Å². The van der Waals surface area contributed by atoms with E-state index >= 15 is 0 Å². The van der Waals surface area contributed by atoms with Gasteiger partial charge in [-0.3, -0.25) is 9.59 Å². The molecule has 5 heteroatoms. The predicted molar refractivity (Wildman–Crippen MR) is 111 cm³/mol. The number of hydrogen-bond donors (Lipinski definition) is 1. The van der Waals surface area contributed by atoms with E-state index in [1.165, 1.54) is 6.92 Å². The van der Waals surface area contributed by atoms with Crippen molar-refractivity contribution < 1.29 is 44.7 Å².